The Morgan fingerprint density at radius 3 is 2.90 bits per heavy atom. The maximum atomic E-state index is 13.1. The summed E-state index contributed by atoms with van der Waals surface area (Å²) in [7, 11) is 1.51. The highest BCUT2D eigenvalue weighted by Crippen LogP contribution is 2.68. The number of methoxy groups -OCH3 is 1. The molecule has 6 rings (SSSR count). The molecule has 1 aromatic carbocycles. The number of carboxylic acid groups (broad SMARTS) is 1. The van der Waals surface area contributed by atoms with Gasteiger partial charge < -0.3 is 19.6 Å². The average molecular weight is 431 g/mol. The summed E-state index contributed by atoms with van der Waals surface area (Å²) in [5.74, 6) is -2.28. The molecule has 0 spiro atoms. The Labute approximate surface area is 173 Å². The first kappa shape index (κ1) is 17.6. The highest BCUT2D eigenvalue weighted by molar-refractivity contribution is 8.00. The number of H-pyrrole nitrogens is 1. The summed E-state index contributed by atoms with van der Waals surface area (Å²) >= 11 is 2.78. The number of ether oxygens (including phenoxy) is 2. The van der Waals surface area contributed by atoms with Crippen LogP contribution in [0.3, 0.4) is 0 Å². The number of rotatable bonds is 2. The first-order valence-corrected chi connectivity index (χ1v) is 11.2. The number of fused-ring (bicyclic) bond motifs is 6. The number of carbonyl (C=O) groups excluding carboxylic acids is 1. The number of esters is 1. The van der Waals surface area contributed by atoms with E-state index in [1.807, 2.05) is 12.1 Å². The summed E-state index contributed by atoms with van der Waals surface area (Å²) < 4.78 is 11.3. The number of thioether (sulfide) groups is 1. The number of carbonyl (C=O) groups is 2. The number of para-hydroxylation sites is 1. The molecule has 1 aromatic heterocycles. The topological polar surface area (TPSA) is 106 Å². The maximum absolute atomic E-state index is 13.1. The lowest BCUT2D eigenvalue weighted by atomic mass is 9.66. The number of nitrogens with one attached hydrogen (secondary N) is 1. The number of hydrogen-bond donors (Lipinski definition) is 2. The molecular weight excluding hydrogens is 414 g/mol. The molecule has 2 aliphatic heterocycles. The summed E-state index contributed by atoms with van der Waals surface area (Å²) in [4.78, 5) is 41.2. The molecule has 0 saturated heterocycles. The van der Waals surface area contributed by atoms with E-state index < -0.39 is 23.8 Å². The zero-order valence-electron chi connectivity index (χ0n) is 15.3. The number of hydrogen-bond acceptors (Lipinski definition) is 7. The van der Waals surface area contributed by atoms with Crippen molar-refractivity contribution in [3.8, 4) is 11.5 Å². The van der Waals surface area contributed by atoms with Crippen LogP contribution in [0.25, 0.3) is 0 Å². The van der Waals surface area contributed by atoms with Gasteiger partial charge in [0.2, 0.25) is 0 Å². The third-order valence-electron chi connectivity index (χ3n) is 7.04. The predicted octanol–water partition coefficient (Wildman–Crippen LogP) is 2.55. The van der Waals surface area contributed by atoms with E-state index in [0.29, 0.717) is 17.9 Å². The van der Waals surface area contributed by atoms with Crippen LogP contribution in [0, 0.1) is 29.6 Å². The van der Waals surface area contributed by atoms with Crippen molar-refractivity contribution in [2.75, 3.05) is 7.11 Å². The second kappa shape index (κ2) is 5.89. The van der Waals surface area contributed by atoms with Crippen molar-refractivity contribution in [2.24, 2.45) is 29.6 Å². The van der Waals surface area contributed by atoms with Gasteiger partial charge >= 0.3 is 16.8 Å². The number of thiazole rings is 1. The fourth-order valence-corrected chi connectivity index (χ4v) is 9.04. The number of aromatic nitrogens is 1. The second-order valence-corrected chi connectivity index (χ2v) is 10.3. The molecule has 2 saturated carbocycles. The van der Waals surface area contributed by atoms with E-state index in [4.69, 9.17) is 9.47 Å². The highest BCUT2D eigenvalue weighted by Gasteiger charge is 2.67. The van der Waals surface area contributed by atoms with Crippen LogP contribution in [0.15, 0.2) is 28.0 Å². The Morgan fingerprint density at radius 1 is 1.31 bits per heavy atom. The Bertz CT molecular complexity index is 1120. The standard InChI is InChI=1S/C20H17NO6S2/c1-26-9-4-2-3-6-10-11-7-5-8(15(11)28-17-16(10)29-20(25)21-17)12(18(22)23)13(7)19(24)27-14(6)9/h2-4,7-8,10-13,15H,5H2,1H3,(H,21,25)(H,22,23)/t7-,8+,10-,11+,12+,13-,15-/m1/s1. The van der Waals surface area contributed by atoms with Crippen LogP contribution in [0.1, 0.15) is 22.8 Å². The number of carboxylic acids is 1. The molecule has 0 radical (unpaired) electrons. The summed E-state index contributed by atoms with van der Waals surface area (Å²) in [6.07, 6.45) is 0.702. The van der Waals surface area contributed by atoms with Crippen LogP contribution in [-0.2, 0) is 9.59 Å². The Balaban J connectivity index is 1.65. The van der Waals surface area contributed by atoms with Gasteiger partial charge in [0.05, 0.1) is 24.0 Å². The molecule has 2 aromatic rings. The summed E-state index contributed by atoms with van der Waals surface area (Å²) in [5.41, 5.74) is 0.836. The van der Waals surface area contributed by atoms with Gasteiger partial charge in [-0.3, -0.25) is 14.4 Å². The van der Waals surface area contributed by atoms with Gasteiger partial charge in [0.25, 0.3) is 0 Å². The van der Waals surface area contributed by atoms with Crippen LogP contribution >= 0.6 is 23.1 Å². The lowest BCUT2D eigenvalue weighted by Gasteiger charge is -2.45. The van der Waals surface area contributed by atoms with Gasteiger partial charge in [-0.25, -0.2) is 0 Å². The molecule has 3 heterocycles. The predicted molar refractivity (Wildman–Crippen MR) is 105 cm³/mol. The van der Waals surface area contributed by atoms with E-state index in [0.717, 1.165) is 15.5 Å². The number of aliphatic carboxylic acids is 1. The lowest BCUT2D eigenvalue weighted by molar-refractivity contribution is -0.156. The zero-order chi connectivity index (χ0) is 20.0. The first-order chi connectivity index (χ1) is 14.0. The van der Waals surface area contributed by atoms with Crippen molar-refractivity contribution in [1.29, 1.82) is 0 Å². The Hall–Kier alpha value is -2.26. The molecule has 2 aliphatic carbocycles. The number of aromatic amines is 1. The minimum atomic E-state index is -0.944. The molecule has 2 fully saturated rings. The quantitative estimate of drug-likeness (QED) is 0.556. The van der Waals surface area contributed by atoms with E-state index in [1.165, 1.54) is 18.4 Å². The molecule has 150 valence electrons. The molecule has 0 unspecified atom stereocenters. The molecule has 2 N–H and O–H groups in total. The van der Waals surface area contributed by atoms with Crippen molar-refractivity contribution in [2.45, 2.75) is 22.6 Å². The van der Waals surface area contributed by atoms with Gasteiger partial charge in [-0.1, -0.05) is 23.5 Å². The second-order valence-electron chi connectivity index (χ2n) is 8.10. The first-order valence-electron chi connectivity index (χ1n) is 9.50. The molecular formula is C20H17NO6S2. The van der Waals surface area contributed by atoms with Crippen LogP contribution in [0.4, 0.5) is 0 Å². The summed E-state index contributed by atoms with van der Waals surface area (Å²) in [6.45, 7) is 0. The monoisotopic (exact) mass is 431 g/mol. The molecule has 29 heavy (non-hydrogen) atoms. The third kappa shape index (κ3) is 2.17. The van der Waals surface area contributed by atoms with Gasteiger partial charge in [-0.2, -0.15) is 0 Å². The molecule has 0 amide bonds. The Kier molecular flexibility index (Phi) is 3.57. The average Bonchev–Trinajstić information content (AvgIpc) is 3.35. The van der Waals surface area contributed by atoms with Crippen molar-refractivity contribution < 1.29 is 24.2 Å². The fourth-order valence-electron chi connectivity index (χ4n) is 6.16. The summed E-state index contributed by atoms with van der Waals surface area (Å²) in [6, 6.07) is 5.52. The van der Waals surface area contributed by atoms with Gasteiger partial charge in [0.15, 0.2) is 11.5 Å². The normalized spacial score (nSPS) is 35.9. The van der Waals surface area contributed by atoms with Crippen LogP contribution in [-0.4, -0.2) is 34.4 Å². The highest BCUT2D eigenvalue weighted by atomic mass is 32.2. The number of benzene rings is 1. The van der Waals surface area contributed by atoms with Crippen LogP contribution < -0.4 is 14.3 Å². The van der Waals surface area contributed by atoms with E-state index >= 15 is 0 Å². The SMILES string of the molecule is COc1cccc2c1OC(=O)[C@@H]1[C@@H]3C[C@H]([C@H]4Sc5[nH]c(=O)sc5[C@H]2[C@H]34)[C@@H]1C(=O)O. The van der Waals surface area contributed by atoms with Crippen molar-refractivity contribution >= 4 is 35.0 Å². The van der Waals surface area contributed by atoms with Crippen LogP contribution in [0.5, 0.6) is 11.5 Å². The van der Waals surface area contributed by atoms with E-state index in [-0.39, 0.29) is 33.8 Å². The van der Waals surface area contributed by atoms with Gasteiger partial charge in [0.1, 0.15) is 0 Å². The van der Waals surface area contributed by atoms with Crippen molar-refractivity contribution in [3.63, 3.8) is 0 Å². The van der Waals surface area contributed by atoms with E-state index in [2.05, 4.69) is 4.98 Å². The van der Waals surface area contributed by atoms with E-state index in [9.17, 15) is 19.5 Å². The van der Waals surface area contributed by atoms with Crippen LogP contribution in [0.2, 0.25) is 0 Å². The Morgan fingerprint density at radius 2 is 2.14 bits per heavy atom. The van der Waals surface area contributed by atoms with Crippen molar-refractivity contribution in [1.82, 2.24) is 4.98 Å². The smallest absolute Gasteiger partial charge is 0.315 e. The zero-order valence-corrected chi connectivity index (χ0v) is 16.9. The van der Waals surface area contributed by atoms with Gasteiger partial charge in [-0.05, 0) is 30.2 Å². The van der Waals surface area contributed by atoms with Gasteiger partial charge in [0, 0.05) is 21.6 Å². The molecule has 4 aliphatic rings. The molecule has 7 atom stereocenters. The van der Waals surface area contributed by atoms with Crippen molar-refractivity contribution in [3.05, 3.63) is 38.3 Å². The third-order valence-corrected chi connectivity index (χ3v) is 9.63. The molecule has 7 nitrogen and oxygen atoms in total. The maximum Gasteiger partial charge on any atom is 0.315 e. The minimum absolute atomic E-state index is 0.0463. The van der Waals surface area contributed by atoms with Gasteiger partial charge in [-0.15, -0.1) is 11.8 Å². The lowest BCUT2D eigenvalue weighted by Crippen LogP contribution is -2.49. The molecule has 2 bridgehead atoms. The largest absolute Gasteiger partial charge is 0.493 e. The molecule has 9 heteroatoms. The van der Waals surface area contributed by atoms with E-state index in [1.54, 1.807) is 17.8 Å². The fraction of sp³-hybridized carbons (Fsp3) is 0.450. The summed E-state index contributed by atoms with van der Waals surface area (Å²) in [5, 5.41) is 10.8. The minimum Gasteiger partial charge on any atom is -0.493 e.